The Morgan fingerprint density at radius 2 is 1.91 bits per heavy atom. The lowest BCUT2D eigenvalue weighted by molar-refractivity contribution is -0.134. The Morgan fingerprint density at radius 3 is 2.62 bits per heavy atom. The summed E-state index contributed by atoms with van der Waals surface area (Å²) in [6.07, 6.45) is 2.13. The van der Waals surface area contributed by atoms with Crippen molar-refractivity contribution < 1.29 is 13.9 Å². The number of hydrogen-bond acceptors (Lipinski definition) is 7. The minimum atomic E-state index is -0.239. The summed E-state index contributed by atoms with van der Waals surface area (Å²) in [5.74, 6) is 1.33. The number of rotatable bonds is 6. The number of aromatic nitrogens is 4. The van der Waals surface area contributed by atoms with Gasteiger partial charge in [-0.3, -0.25) is 4.79 Å². The SMILES string of the molecule is COc1ccc([C@@H]2CC(c3ccccc3)=NN2C(=O)Cn2nnc(-c3ccco3)n2)cc1. The summed E-state index contributed by atoms with van der Waals surface area (Å²) in [4.78, 5) is 14.5. The smallest absolute Gasteiger partial charge is 0.266 e. The lowest BCUT2D eigenvalue weighted by Crippen LogP contribution is -2.31. The van der Waals surface area contributed by atoms with Crippen LogP contribution in [-0.4, -0.2) is 43.9 Å². The number of ether oxygens (including phenoxy) is 1. The zero-order chi connectivity index (χ0) is 21.9. The van der Waals surface area contributed by atoms with Crippen LogP contribution in [0.5, 0.6) is 5.75 Å². The van der Waals surface area contributed by atoms with E-state index in [0.717, 1.165) is 22.6 Å². The second-order valence-corrected chi connectivity index (χ2v) is 7.26. The van der Waals surface area contributed by atoms with Crippen molar-refractivity contribution in [1.82, 2.24) is 25.2 Å². The van der Waals surface area contributed by atoms with E-state index >= 15 is 0 Å². The predicted octanol–water partition coefficient (Wildman–Crippen LogP) is 3.32. The van der Waals surface area contributed by atoms with Gasteiger partial charge in [-0.2, -0.15) is 9.90 Å². The van der Waals surface area contributed by atoms with Crippen LogP contribution in [0.3, 0.4) is 0 Å². The first-order valence-electron chi connectivity index (χ1n) is 10.1. The maximum absolute atomic E-state index is 13.2. The second kappa shape index (κ2) is 8.46. The van der Waals surface area contributed by atoms with Crippen LogP contribution in [0.1, 0.15) is 23.6 Å². The van der Waals surface area contributed by atoms with E-state index in [2.05, 4.69) is 20.5 Å². The molecule has 1 atom stereocenters. The topological polar surface area (TPSA) is 98.6 Å². The van der Waals surface area contributed by atoms with E-state index in [1.807, 2.05) is 54.6 Å². The number of amides is 1. The second-order valence-electron chi connectivity index (χ2n) is 7.26. The van der Waals surface area contributed by atoms with Crippen molar-refractivity contribution in [3.8, 4) is 17.3 Å². The lowest BCUT2D eigenvalue weighted by Gasteiger charge is -2.22. The Morgan fingerprint density at radius 1 is 1.09 bits per heavy atom. The zero-order valence-corrected chi connectivity index (χ0v) is 17.3. The number of tetrazole rings is 1. The number of hydrogen-bond donors (Lipinski definition) is 0. The zero-order valence-electron chi connectivity index (χ0n) is 17.3. The van der Waals surface area contributed by atoms with Crippen LogP contribution in [0.15, 0.2) is 82.5 Å². The van der Waals surface area contributed by atoms with Crippen molar-refractivity contribution in [2.45, 2.75) is 19.0 Å². The normalized spacial score (nSPS) is 15.6. The number of carbonyl (C=O) groups excluding carboxylic acids is 1. The number of nitrogens with zero attached hydrogens (tertiary/aromatic N) is 6. The first-order chi connectivity index (χ1) is 15.7. The number of furan rings is 1. The van der Waals surface area contributed by atoms with E-state index in [9.17, 15) is 4.79 Å². The third-order valence-corrected chi connectivity index (χ3v) is 5.24. The van der Waals surface area contributed by atoms with Crippen LogP contribution in [0.4, 0.5) is 0 Å². The van der Waals surface area contributed by atoms with E-state index < -0.39 is 0 Å². The first-order valence-corrected chi connectivity index (χ1v) is 10.1. The molecule has 0 saturated carbocycles. The van der Waals surface area contributed by atoms with Crippen molar-refractivity contribution in [3.63, 3.8) is 0 Å². The van der Waals surface area contributed by atoms with E-state index in [1.54, 1.807) is 19.2 Å². The molecule has 9 heteroatoms. The van der Waals surface area contributed by atoms with E-state index in [0.29, 0.717) is 18.0 Å². The molecule has 0 spiro atoms. The van der Waals surface area contributed by atoms with Gasteiger partial charge in [0.05, 0.1) is 25.1 Å². The summed E-state index contributed by atoms with van der Waals surface area (Å²) in [6, 6.07) is 20.8. The summed E-state index contributed by atoms with van der Waals surface area (Å²) in [7, 11) is 1.62. The summed E-state index contributed by atoms with van der Waals surface area (Å²) < 4.78 is 10.6. The minimum absolute atomic E-state index is 0.0913. The van der Waals surface area contributed by atoms with Crippen molar-refractivity contribution in [2.75, 3.05) is 7.11 Å². The fraction of sp³-hybridized carbons (Fsp3) is 0.174. The van der Waals surface area contributed by atoms with Gasteiger partial charge in [0, 0.05) is 6.42 Å². The van der Waals surface area contributed by atoms with Gasteiger partial charge in [0.15, 0.2) is 5.76 Å². The van der Waals surface area contributed by atoms with Crippen LogP contribution in [0.25, 0.3) is 11.6 Å². The van der Waals surface area contributed by atoms with Crippen molar-refractivity contribution >= 4 is 11.6 Å². The maximum Gasteiger partial charge on any atom is 0.266 e. The van der Waals surface area contributed by atoms with Crippen LogP contribution in [-0.2, 0) is 11.3 Å². The van der Waals surface area contributed by atoms with Gasteiger partial charge in [-0.15, -0.1) is 10.2 Å². The number of hydrazone groups is 1. The predicted molar refractivity (Wildman–Crippen MR) is 116 cm³/mol. The van der Waals surface area contributed by atoms with Crippen molar-refractivity contribution in [3.05, 3.63) is 84.1 Å². The first kappa shape index (κ1) is 19.7. The standard InChI is InChI=1S/C23H20N6O3/c1-31-18-11-9-17(10-12-18)20-14-19(16-6-3-2-4-7-16)25-29(20)22(30)15-28-26-23(24-27-28)21-8-5-13-32-21/h2-13,20H,14-15H2,1H3/t20-/m0/s1. The third-order valence-electron chi connectivity index (χ3n) is 5.24. The molecule has 0 N–H and O–H groups in total. The molecule has 2 aromatic heterocycles. The molecule has 1 aliphatic rings. The highest BCUT2D eigenvalue weighted by Gasteiger charge is 2.33. The van der Waals surface area contributed by atoms with Crippen LogP contribution in [0.2, 0.25) is 0 Å². The van der Waals surface area contributed by atoms with Crippen LogP contribution >= 0.6 is 0 Å². The minimum Gasteiger partial charge on any atom is -0.497 e. The quantitative estimate of drug-likeness (QED) is 0.467. The van der Waals surface area contributed by atoms with Gasteiger partial charge >= 0.3 is 0 Å². The monoisotopic (exact) mass is 428 g/mol. The Labute approximate surface area is 183 Å². The summed E-state index contributed by atoms with van der Waals surface area (Å²) in [5, 5.41) is 18.4. The van der Waals surface area contributed by atoms with Gasteiger partial charge in [-0.05, 0) is 40.6 Å². The third kappa shape index (κ3) is 3.87. The van der Waals surface area contributed by atoms with Crippen LogP contribution < -0.4 is 4.74 Å². The Balaban J connectivity index is 1.41. The van der Waals surface area contributed by atoms with Gasteiger partial charge in [-0.25, -0.2) is 5.01 Å². The Hall–Kier alpha value is -4.27. The summed E-state index contributed by atoms with van der Waals surface area (Å²) in [6.45, 7) is -0.0913. The highest BCUT2D eigenvalue weighted by molar-refractivity contribution is 6.03. The molecular weight excluding hydrogens is 408 g/mol. The molecule has 2 aromatic carbocycles. The van der Waals surface area contributed by atoms with E-state index in [-0.39, 0.29) is 18.5 Å². The van der Waals surface area contributed by atoms with Crippen molar-refractivity contribution in [2.24, 2.45) is 5.10 Å². The average molecular weight is 428 g/mol. The van der Waals surface area contributed by atoms with Gasteiger partial charge in [0.2, 0.25) is 5.82 Å². The maximum atomic E-state index is 13.2. The van der Waals surface area contributed by atoms with Gasteiger partial charge in [0.1, 0.15) is 12.3 Å². The summed E-state index contributed by atoms with van der Waals surface area (Å²) in [5.41, 5.74) is 2.81. The highest BCUT2D eigenvalue weighted by atomic mass is 16.5. The molecule has 0 fully saturated rings. The average Bonchev–Trinajstić information content (AvgIpc) is 3.60. The molecule has 0 saturated heterocycles. The van der Waals surface area contributed by atoms with Crippen LogP contribution in [0, 0.1) is 0 Å². The number of carbonyl (C=O) groups is 1. The molecule has 0 aliphatic carbocycles. The fourth-order valence-electron chi connectivity index (χ4n) is 3.64. The summed E-state index contributed by atoms with van der Waals surface area (Å²) >= 11 is 0. The molecular formula is C23H20N6O3. The van der Waals surface area contributed by atoms with Gasteiger partial charge in [0.25, 0.3) is 5.91 Å². The number of benzene rings is 2. The van der Waals surface area contributed by atoms with E-state index in [4.69, 9.17) is 9.15 Å². The molecule has 32 heavy (non-hydrogen) atoms. The molecule has 0 bridgehead atoms. The molecule has 1 aliphatic heterocycles. The molecule has 3 heterocycles. The highest BCUT2D eigenvalue weighted by Crippen LogP contribution is 2.33. The molecule has 0 radical (unpaired) electrons. The molecule has 5 rings (SSSR count). The van der Waals surface area contributed by atoms with Crippen molar-refractivity contribution in [1.29, 1.82) is 0 Å². The van der Waals surface area contributed by atoms with Gasteiger partial charge in [-0.1, -0.05) is 42.5 Å². The Kier molecular flexibility index (Phi) is 5.20. The van der Waals surface area contributed by atoms with Gasteiger partial charge < -0.3 is 9.15 Å². The molecule has 0 unspecified atom stereocenters. The van der Waals surface area contributed by atoms with E-state index in [1.165, 1.54) is 16.1 Å². The Bertz CT molecular complexity index is 1230. The lowest BCUT2D eigenvalue weighted by atomic mass is 9.98. The molecule has 160 valence electrons. The largest absolute Gasteiger partial charge is 0.497 e. The fourth-order valence-corrected chi connectivity index (χ4v) is 3.64. The molecule has 1 amide bonds. The molecule has 9 nitrogen and oxygen atoms in total. The molecule has 4 aromatic rings. The number of methoxy groups -OCH3 is 1.